The van der Waals surface area contributed by atoms with Crippen LogP contribution in [0.1, 0.15) is 51.9 Å². The second-order valence-electron chi connectivity index (χ2n) is 12.4. The summed E-state index contributed by atoms with van der Waals surface area (Å²) in [6.45, 7) is 2.51. The molecule has 7 rings (SSSR count). The van der Waals surface area contributed by atoms with Crippen molar-refractivity contribution in [2.45, 2.75) is 44.4 Å². The Labute approximate surface area is 282 Å². The van der Waals surface area contributed by atoms with E-state index in [1.165, 1.54) is 11.6 Å². The summed E-state index contributed by atoms with van der Waals surface area (Å²) >= 11 is 8.78. The van der Waals surface area contributed by atoms with Gasteiger partial charge >= 0.3 is 5.97 Å². The van der Waals surface area contributed by atoms with Gasteiger partial charge in [0, 0.05) is 60.7 Å². The first kappa shape index (κ1) is 31.6. The van der Waals surface area contributed by atoms with E-state index in [1.54, 1.807) is 35.5 Å². The fraction of sp³-hybridized carbons (Fsp3) is 0.333. The number of aromatic nitrogens is 3. The molecule has 2 aliphatic rings. The Hall–Kier alpha value is -3.99. The maximum atomic E-state index is 14.3. The third kappa shape index (κ3) is 5.76. The van der Waals surface area contributed by atoms with Crippen LogP contribution < -0.4 is 10.2 Å². The highest BCUT2D eigenvalue weighted by Crippen LogP contribution is 2.41. The minimum atomic E-state index is -0.984. The number of halogens is 2. The van der Waals surface area contributed by atoms with E-state index in [2.05, 4.69) is 18.4 Å². The van der Waals surface area contributed by atoms with E-state index < -0.39 is 5.97 Å². The van der Waals surface area contributed by atoms with Crippen molar-refractivity contribution in [2.75, 3.05) is 19.4 Å². The largest absolute Gasteiger partial charge is 0.493 e. The van der Waals surface area contributed by atoms with E-state index in [4.69, 9.17) is 21.4 Å². The first-order valence-corrected chi connectivity index (χ1v) is 17.3. The van der Waals surface area contributed by atoms with Crippen LogP contribution in [0.3, 0.4) is 0 Å². The van der Waals surface area contributed by atoms with E-state index in [-0.39, 0.29) is 17.6 Å². The summed E-state index contributed by atoms with van der Waals surface area (Å²) in [7, 11) is 5.77. The fourth-order valence-electron chi connectivity index (χ4n) is 7.20. The molecule has 8 bridgehead atoms. The van der Waals surface area contributed by atoms with Gasteiger partial charge in [0.25, 0.3) is 0 Å². The predicted octanol–water partition coefficient (Wildman–Crippen LogP) is 7.15. The average molecular weight is 674 g/mol. The molecule has 47 heavy (non-hydrogen) atoms. The molecular formula is C36H37ClFN5O3S. The van der Waals surface area contributed by atoms with E-state index in [0.29, 0.717) is 30.2 Å². The number of carboxylic acids is 1. The summed E-state index contributed by atoms with van der Waals surface area (Å²) in [6.07, 6.45) is 2.62. The zero-order chi connectivity index (χ0) is 33.0. The third-order valence-corrected chi connectivity index (χ3v) is 10.7. The minimum Gasteiger partial charge on any atom is -0.493 e. The third-order valence-electron chi connectivity index (χ3n) is 9.37. The van der Waals surface area contributed by atoms with E-state index in [0.717, 1.165) is 79.8 Å². The molecule has 0 radical (unpaired) electrons. The Morgan fingerprint density at radius 3 is 2.68 bits per heavy atom. The number of nitrogens with one attached hydrogen (secondary N) is 1. The van der Waals surface area contributed by atoms with Gasteiger partial charge in [0.1, 0.15) is 17.3 Å². The number of benzene rings is 3. The van der Waals surface area contributed by atoms with Crippen LogP contribution in [0.15, 0.2) is 54.1 Å². The number of hydrogen-bond acceptors (Lipinski definition) is 6. The number of hydrazine groups is 1. The Bertz CT molecular complexity index is 2090. The molecule has 2 N–H and O–H groups in total. The number of ether oxygens (including phenoxy) is 1. The monoisotopic (exact) mass is 673 g/mol. The van der Waals surface area contributed by atoms with Crippen molar-refractivity contribution in [3.05, 3.63) is 98.7 Å². The number of carboxylic acid groups (broad SMARTS) is 1. The molecule has 2 aromatic heterocycles. The molecule has 0 saturated carbocycles. The minimum absolute atomic E-state index is 0.0736. The SMILES string of the molecule is CC1NN(C)C2=C1CSCc1cc(n(C)n1)CCc1cc(c3ccc(F)cc3c1)OCCCc1c(C(=O)O)n(C)c3c2c(Cl)ccc13. The molecule has 1 atom stereocenters. The van der Waals surface area contributed by atoms with Crippen LogP contribution in [0, 0.1) is 5.82 Å². The lowest BCUT2D eigenvalue weighted by atomic mass is 9.99. The van der Waals surface area contributed by atoms with Gasteiger partial charge in [-0.3, -0.25) is 4.68 Å². The van der Waals surface area contributed by atoms with Gasteiger partial charge in [0.15, 0.2) is 0 Å². The fourth-order valence-corrected chi connectivity index (χ4v) is 8.50. The normalized spacial score (nSPS) is 17.7. The van der Waals surface area contributed by atoms with Crippen LogP contribution >= 0.6 is 23.4 Å². The summed E-state index contributed by atoms with van der Waals surface area (Å²) < 4.78 is 24.4. The van der Waals surface area contributed by atoms with Crippen molar-refractivity contribution in [3.63, 3.8) is 0 Å². The molecule has 0 spiro atoms. The number of nitrogens with zero attached hydrogens (tertiary/aromatic N) is 4. The Morgan fingerprint density at radius 2 is 1.87 bits per heavy atom. The van der Waals surface area contributed by atoms with Crippen molar-refractivity contribution in [2.24, 2.45) is 14.1 Å². The maximum Gasteiger partial charge on any atom is 0.352 e. The number of carbonyl (C=O) groups is 1. The molecule has 0 amide bonds. The zero-order valence-corrected chi connectivity index (χ0v) is 28.4. The van der Waals surface area contributed by atoms with Crippen LogP contribution in [-0.4, -0.2) is 55.9 Å². The van der Waals surface area contributed by atoms with Crippen LogP contribution in [0.2, 0.25) is 5.02 Å². The van der Waals surface area contributed by atoms with Crippen molar-refractivity contribution in [1.82, 2.24) is 24.8 Å². The average Bonchev–Trinajstić information content (AvgIpc) is 3.62. The Morgan fingerprint density at radius 1 is 1.06 bits per heavy atom. The van der Waals surface area contributed by atoms with Gasteiger partial charge < -0.3 is 19.4 Å². The Kier molecular flexibility index (Phi) is 8.44. The Balaban J connectivity index is 1.35. The van der Waals surface area contributed by atoms with Gasteiger partial charge in [-0.15, -0.1) is 0 Å². The van der Waals surface area contributed by atoms with E-state index >= 15 is 0 Å². The quantitative estimate of drug-likeness (QED) is 0.196. The van der Waals surface area contributed by atoms with Gasteiger partial charge in [0.05, 0.1) is 28.5 Å². The second-order valence-corrected chi connectivity index (χ2v) is 13.8. The number of hydrogen-bond donors (Lipinski definition) is 2. The summed E-state index contributed by atoms with van der Waals surface area (Å²) in [5.74, 6) is 0.914. The molecule has 1 unspecified atom stereocenters. The van der Waals surface area contributed by atoms with Crippen molar-refractivity contribution in [3.8, 4) is 5.75 Å². The highest BCUT2D eigenvalue weighted by Gasteiger charge is 2.32. The molecule has 0 fully saturated rings. The standard InChI is InChI=1S/C36H37ClFN5O3S/c1-20-29-19-47-18-24-17-25(42(3)40-24)9-7-21-14-22-16-23(38)8-10-26(22)31(15-21)46-13-5-6-27-28-11-12-30(37)32(34(29)43(4)39-20)33(28)41(2)35(27)36(44)45/h8,10-12,14-17,20,39H,5-7,9,13,18-19H2,1-4H3,(H,44,45). The van der Waals surface area contributed by atoms with Crippen molar-refractivity contribution >= 4 is 56.7 Å². The summed E-state index contributed by atoms with van der Waals surface area (Å²) in [6, 6.07) is 14.9. The molecular weight excluding hydrogens is 637 g/mol. The lowest BCUT2D eigenvalue weighted by molar-refractivity contribution is 0.0685. The van der Waals surface area contributed by atoms with E-state index in [9.17, 15) is 14.3 Å². The number of aromatic carboxylic acids is 1. The topological polar surface area (TPSA) is 84.6 Å². The highest BCUT2D eigenvalue weighted by atomic mass is 35.5. The van der Waals surface area contributed by atoms with Crippen LogP contribution in [0.25, 0.3) is 27.4 Å². The molecule has 0 saturated heterocycles. The lowest BCUT2D eigenvalue weighted by Gasteiger charge is -2.20. The van der Waals surface area contributed by atoms with Crippen LogP contribution in [-0.2, 0) is 39.1 Å². The molecule has 244 valence electrons. The predicted molar refractivity (Wildman–Crippen MR) is 187 cm³/mol. The van der Waals surface area contributed by atoms with Gasteiger partial charge in [-0.1, -0.05) is 23.7 Å². The first-order chi connectivity index (χ1) is 22.6. The highest BCUT2D eigenvalue weighted by molar-refractivity contribution is 7.98. The van der Waals surface area contributed by atoms with Crippen LogP contribution in [0.5, 0.6) is 5.75 Å². The van der Waals surface area contributed by atoms with Crippen molar-refractivity contribution < 1.29 is 19.0 Å². The maximum absolute atomic E-state index is 14.3. The smallest absolute Gasteiger partial charge is 0.352 e. The second kappa shape index (κ2) is 12.6. The van der Waals surface area contributed by atoms with E-state index in [1.807, 2.05) is 48.1 Å². The summed E-state index contributed by atoms with van der Waals surface area (Å²) in [4.78, 5) is 12.7. The number of fused-ring (bicyclic) bond motifs is 7. The molecule has 8 nitrogen and oxygen atoms in total. The van der Waals surface area contributed by atoms with Gasteiger partial charge in [-0.25, -0.2) is 14.6 Å². The zero-order valence-electron chi connectivity index (χ0n) is 26.9. The van der Waals surface area contributed by atoms with Crippen molar-refractivity contribution in [1.29, 1.82) is 0 Å². The molecule has 4 heterocycles. The van der Waals surface area contributed by atoms with Crippen LogP contribution in [0.4, 0.5) is 4.39 Å². The van der Waals surface area contributed by atoms with Gasteiger partial charge in [-0.05, 0) is 91.1 Å². The molecule has 2 aliphatic heterocycles. The molecule has 0 aliphatic carbocycles. The molecule has 5 aromatic rings. The summed E-state index contributed by atoms with van der Waals surface area (Å²) in [5, 5.41) is 20.3. The number of aryl methyl sites for hydroxylation is 5. The molecule has 11 heteroatoms. The lowest BCUT2D eigenvalue weighted by Crippen LogP contribution is -2.32. The number of thioether (sulfide) groups is 1. The summed E-state index contributed by atoms with van der Waals surface area (Å²) in [5.41, 5.74) is 11.5. The molecule has 3 aromatic carbocycles. The number of rotatable bonds is 1. The van der Waals surface area contributed by atoms with Gasteiger partial charge in [-0.2, -0.15) is 16.9 Å². The van der Waals surface area contributed by atoms with Gasteiger partial charge in [0.2, 0.25) is 0 Å². The first-order valence-electron chi connectivity index (χ1n) is 15.8.